The van der Waals surface area contributed by atoms with Crippen molar-refractivity contribution in [3.05, 3.63) is 23.8 Å². The highest BCUT2D eigenvalue weighted by atomic mass is 16.7. The summed E-state index contributed by atoms with van der Waals surface area (Å²) in [5.74, 6) is 1.35. The largest absolute Gasteiger partial charge is 0.493 e. The number of primary amides is 1. The van der Waals surface area contributed by atoms with Crippen LogP contribution in [-0.4, -0.2) is 25.0 Å². The molecule has 0 spiro atoms. The molecule has 0 bridgehead atoms. The maximum atomic E-state index is 10.6. The lowest BCUT2D eigenvalue weighted by molar-refractivity contribution is 0.161. The Hall–Kier alpha value is -2.24. The van der Waals surface area contributed by atoms with E-state index < -0.39 is 6.09 Å². The van der Waals surface area contributed by atoms with Crippen molar-refractivity contribution in [1.82, 2.24) is 0 Å². The number of methoxy groups -OCH3 is 1. The van der Waals surface area contributed by atoms with E-state index in [4.69, 9.17) is 15.2 Å². The van der Waals surface area contributed by atoms with Crippen LogP contribution in [-0.2, 0) is 4.84 Å². The number of carbonyl (C=O) groups excluding carboxylic acids is 1. The zero-order chi connectivity index (χ0) is 15.2. The summed E-state index contributed by atoms with van der Waals surface area (Å²) in [4.78, 5) is 15.0. The van der Waals surface area contributed by atoms with Gasteiger partial charge in [-0.2, -0.15) is 0 Å². The van der Waals surface area contributed by atoms with Crippen LogP contribution in [0.3, 0.4) is 0 Å². The summed E-state index contributed by atoms with van der Waals surface area (Å²) >= 11 is 0. The lowest BCUT2D eigenvalue weighted by Gasteiger charge is -2.16. The van der Waals surface area contributed by atoms with E-state index in [-0.39, 0.29) is 6.10 Å². The van der Waals surface area contributed by atoms with Crippen molar-refractivity contribution in [1.29, 1.82) is 0 Å². The predicted octanol–water partition coefficient (Wildman–Crippen LogP) is 2.84. The van der Waals surface area contributed by atoms with Crippen molar-refractivity contribution in [3.63, 3.8) is 0 Å². The van der Waals surface area contributed by atoms with Crippen molar-refractivity contribution in [2.24, 2.45) is 10.9 Å². The Morgan fingerprint density at radius 3 is 2.62 bits per heavy atom. The normalized spacial score (nSPS) is 15.8. The number of rotatable bonds is 5. The summed E-state index contributed by atoms with van der Waals surface area (Å²) in [6.45, 7) is 1.73. The van der Waals surface area contributed by atoms with Gasteiger partial charge in [-0.3, -0.25) is 4.84 Å². The maximum Gasteiger partial charge on any atom is 0.430 e. The molecule has 0 unspecified atom stereocenters. The summed E-state index contributed by atoms with van der Waals surface area (Å²) in [6, 6.07) is 5.47. The molecule has 1 fully saturated rings. The van der Waals surface area contributed by atoms with E-state index in [9.17, 15) is 4.79 Å². The Bertz CT molecular complexity index is 536. The Morgan fingerprint density at radius 1 is 1.29 bits per heavy atom. The fourth-order valence-electron chi connectivity index (χ4n) is 2.35. The lowest BCUT2D eigenvalue weighted by Crippen LogP contribution is -2.13. The van der Waals surface area contributed by atoms with Crippen molar-refractivity contribution in [2.45, 2.75) is 38.7 Å². The molecular formula is C15H20N2O4. The number of nitrogens with zero attached hydrogens (tertiary/aromatic N) is 1. The van der Waals surface area contributed by atoms with Crippen LogP contribution in [0.5, 0.6) is 11.5 Å². The second kappa shape index (κ2) is 6.97. The van der Waals surface area contributed by atoms with Gasteiger partial charge in [-0.15, -0.1) is 0 Å². The fraction of sp³-hybridized carbons (Fsp3) is 0.467. The minimum Gasteiger partial charge on any atom is -0.493 e. The molecule has 2 rings (SSSR count). The molecule has 21 heavy (non-hydrogen) atoms. The van der Waals surface area contributed by atoms with E-state index in [2.05, 4.69) is 9.99 Å². The molecule has 0 aromatic heterocycles. The minimum atomic E-state index is -0.940. The highest BCUT2D eigenvalue weighted by Crippen LogP contribution is 2.32. The number of hydrogen-bond acceptors (Lipinski definition) is 5. The van der Waals surface area contributed by atoms with Crippen molar-refractivity contribution >= 4 is 11.8 Å². The van der Waals surface area contributed by atoms with Crippen LogP contribution in [0.1, 0.15) is 38.2 Å². The average molecular weight is 292 g/mol. The molecule has 0 atom stereocenters. The molecule has 0 radical (unpaired) electrons. The van der Waals surface area contributed by atoms with E-state index in [1.807, 2.05) is 18.2 Å². The number of nitrogens with two attached hydrogens (primary N) is 1. The molecule has 0 heterocycles. The van der Waals surface area contributed by atoms with Gasteiger partial charge in [0.2, 0.25) is 0 Å². The van der Waals surface area contributed by atoms with Crippen molar-refractivity contribution < 1.29 is 19.1 Å². The monoisotopic (exact) mass is 292 g/mol. The molecule has 6 heteroatoms. The second-order valence-electron chi connectivity index (χ2n) is 4.98. The van der Waals surface area contributed by atoms with Crippen LogP contribution in [0.2, 0.25) is 0 Å². The van der Waals surface area contributed by atoms with Gasteiger partial charge in [0, 0.05) is 5.56 Å². The Morgan fingerprint density at radius 2 is 2.00 bits per heavy atom. The van der Waals surface area contributed by atoms with Crippen LogP contribution in [0.4, 0.5) is 4.79 Å². The highest BCUT2D eigenvalue weighted by molar-refractivity contribution is 5.99. The second-order valence-corrected chi connectivity index (χ2v) is 4.98. The maximum absolute atomic E-state index is 10.6. The predicted molar refractivity (Wildman–Crippen MR) is 78.8 cm³/mol. The zero-order valence-corrected chi connectivity index (χ0v) is 12.3. The minimum absolute atomic E-state index is 0.230. The summed E-state index contributed by atoms with van der Waals surface area (Å²) < 4.78 is 11.3. The van der Waals surface area contributed by atoms with E-state index in [1.165, 1.54) is 12.8 Å². The number of oxime groups is 1. The van der Waals surface area contributed by atoms with Gasteiger partial charge in [0.15, 0.2) is 11.5 Å². The molecule has 1 aliphatic rings. The fourth-order valence-corrected chi connectivity index (χ4v) is 2.35. The van der Waals surface area contributed by atoms with Crippen molar-refractivity contribution in [3.8, 4) is 11.5 Å². The van der Waals surface area contributed by atoms with Crippen molar-refractivity contribution in [2.75, 3.05) is 7.11 Å². The topological polar surface area (TPSA) is 83.1 Å². The molecular weight excluding hydrogens is 272 g/mol. The molecule has 1 aliphatic carbocycles. The quantitative estimate of drug-likeness (QED) is 0.514. The molecule has 114 valence electrons. The zero-order valence-electron chi connectivity index (χ0n) is 12.3. The van der Waals surface area contributed by atoms with Crippen LogP contribution >= 0.6 is 0 Å². The first-order valence-corrected chi connectivity index (χ1v) is 6.96. The molecule has 0 saturated heterocycles. The molecule has 1 aromatic carbocycles. The smallest absolute Gasteiger partial charge is 0.430 e. The molecule has 1 saturated carbocycles. The summed E-state index contributed by atoms with van der Waals surface area (Å²) in [5.41, 5.74) is 6.21. The standard InChI is InChI=1S/C15H20N2O4/c1-10(17-21-15(16)18)11-7-8-13(19-2)14(9-11)20-12-5-3-4-6-12/h7-9,12H,3-6H2,1-2H3,(H2,16,18)/b17-10+. The van der Waals surface area contributed by atoms with E-state index in [0.29, 0.717) is 17.2 Å². The summed E-state index contributed by atoms with van der Waals surface area (Å²) in [6.07, 6.45) is 3.80. The van der Waals surface area contributed by atoms with Crippen LogP contribution in [0, 0.1) is 0 Å². The van der Waals surface area contributed by atoms with Crippen LogP contribution < -0.4 is 15.2 Å². The van der Waals surface area contributed by atoms with Crippen LogP contribution in [0.15, 0.2) is 23.4 Å². The van der Waals surface area contributed by atoms with Gasteiger partial charge in [0.05, 0.1) is 18.9 Å². The Kier molecular flexibility index (Phi) is 5.03. The van der Waals surface area contributed by atoms with E-state index >= 15 is 0 Å². The van der Waals surface area contributed by atoms with Gasteiger partial charge in [0.1, 0.15) is 0 Å². The van der Waals surface area contributed by atoms with Gasteiger partial charge in [-0.1, -0.05) is 5.16 Å². The molecule has 0 aliphatic heterocycles. The van der Waals surface area contributed by atoms with Gasteiger partial charge < -0.3 is 15.2 Å². The molecule has 2 N–H and O–H groups in total. The van der Waals surface area contributed by atoms with E-state index in [0.717, 1.165) is 18.4 Å². The average Bonchev–Trinajstić information content (AvgIpc) is 2.97. The number of ether oxygens (including phenoxy) is 2. The number of amides is 1. The van der Waals surface area contributed by atoms with Crippen LogP contribution in [0.25, 0.3) is 0 Å². The number of carbonyl (C=O) groups is 1. The molecule has 1 aromatic rings. The third-order valence-corrected chi connectivity index (χ3v) is 3.45. The first-order valence-electron chi connectivity index (χ1n) is 6.96. The van der Waals surface area contributed by atoms with Gasteiger partial charge in [-0.05, 0) is 50.8 Å². The lowest BCUT2D eigenvalue weighted by atomic mass is 10.1. The van der Waals surface area contributed by atoms with Gasteiger partial charge in [0.25, 0.3) is 0 Å². The summed E-state index contributed by atoms with van der Waals surface area (Å²) in [7, 11) is 1.60. The first-order chi connectivity index (χ1) is 10.1. The SMILES string of the molecule is COc1ccc(/C(C)=N/OC(N)=O)cc1OC1CCCC1. The number of benzene rings is 1. The Labute approximate surface area is 123 Å². The summed E-state index contributed by atoms with van der Waals surface area (Å²) in [5, 5.41) is 3.67. The highest BCUT2D eigenvalue weighted by Gasteiger charge is 2.19. The molecule has 1 amide bonds. The third kappa shape index (κ3) is 4.11. The first kappa shape index (κ1) is 15.2. The van der Waals surface area contributed by atoms with E-state index in [1.54, 1.807) is 14.0 Å². The third-order valence-electron chi connectivity index (χ3n) is 3.45. The Balaban J connectivity index is 2.19. The van der Waals surface area contributed by atoms with Gasteiger partial charge in [-0.25, -0.2) is 4.79 Å². The molecule has 6 nitrogen and oxygen atoms in total. The number of hydrogen-bond donors (Lipinski definition) is 1. The van der Waals surface area contributed by atoms with Gasteiger partial charge >= 0.3 is 6.09 Å².